The van der Waals surface area contributed by atoms with Crippen LogP contribution in [0, 0.1) is 5.92 Å². The van der Waals surface area contributed by atoms with E-state index in [0.717, 1.165) is 18.0 Å². The van der Waals surface area contributed by atoms with E-state index in [1.165, 1.54) is 38.6 Å². The Labute approximate surface area is 81.7 Å². The second-order valence-corrected chi connectivity index (χ2v) is 4.70. The second kappa shape index (κ2) is 3.97. The maximum atomic E-state index is 3.53. The van der Waals surface area contributed by atoms with Gasteiger partial charge in [0.15, 0.2) is 0 Å². The van der Waals surface area contributed by atoms with Crippen molar-refractivity contribution in [3.05, 3.63) is 0 Å². The predicted octanol–water partition coefficient (Wildman–Crippen LogP) is 1.47. The summed E-state index contributed by atoms with van der Waals surface area (Å²) < 4.78 is 0. The minimum Gasteiger partial charge on any atom is -0.315 e. The summed E-state index contributed by atoms with van der Waals surface area (Å²) in [6, 6.07) is 1.58. The van der Waals surface area contributed by atoms with Crippen LogP contribution in [-0.2, 0) is 0 Å². The number of hydrogen-bond donors (Lipinski definition) is 1. The summed E-state index contributed by atoms with van der Waals surface area (Å²) in [5, 5.41) is 3.53. The zero-order chi connectivity index (χ0) is 9.26. The monoisotopic (exact) mass is 182 g/mol. The minimum atomic E-state index is 0.765. The molecule has 1 saturated carbocycles. The molecule has 1 aliphatic carbocycles. The third kappa shape index (κ3) is 1.75. The van der Waals surface area contributed by atoms with Crippen molar-refractivity contribution in [1.29, 1.82) is 0 Å². The summed E-state index contributed by atoms with van der Waals surface area (Å²) in [6.45, 7) is 1.30. The molecule has 2 nitrogen and oxygen atoms in total. The number of rotatable bonds is 3. The van der Waals surface area contributed by atoms with Crippen LogP contribution in [0.5, 0.6) is 0 Å². The first-order chi connectivity index (χ1) is 6.33. The fourth-order valence-corrected chi connectivity index (χ4v) is 2.93. The van der Waals surface area contributed by atoms with Gasteiger partial charge in [0, 0.05) is 12.1 Å². The van der Waals surface area contributed by atoms with Gasteiger partial charge in [-0.05, 0) is 52.2 Å². The number of likely N-dealkylation sites (tertiary alicyclic amines) is 1. The highest BCUT2D eigenvalue weighted by atomic mass is 15.2. The average Bonchev–Trinajstić information content (AvgIpc) is 2.43. The summed E-state index contributed by atoms with van der Waals surface area (Å²) in [4.78, 5) is 2.54. The standard InChI is InChI=1S/C11H22N2/c1-12-11(9-5-3-6-9)10-7-4-8-13(10)2/h9-12H,3-8H2,1-2H3. The van der Waals surface area contributed by atoms with Crippen LogP contribution in [0.15, 0.2) is 0 Å². The Morgan fingerprint density at radius 1 is 1.23 bits per heavy atom. The first-order valence-corrected chi connectivity index (χ1v) is 5.70. The number of hydrogen-bond acceptors (Lipinski definition) is 2. The molecule has 2 rings (SSSR count). The van der Waals surface area contributed by atoms with Gasteiger partial charge in [-0.3, -0.25) is 0 Å². The molecule has 13 heavy (non-hydrogen) atoms. The molecular weight excluding hydrogens is 160 g/mol. The molecule has 1 aliphatic heterocycles. The molecule has 0 spiro atoms. The van der Waals surface area contributed by atoms with Crippen molar-refractivity contribution in [2.75, 3.05) is 20.6 Å². The van der Waals surface area contributed by atoms with Crippen molar-refractivity contribution >= 4 is 0 Å². The Kier molecular flexibility index (Phi) is 2.89. The van der Waals surface area contributed by atoms with Crippen LogP contribution >= 0.6 is 0 Å². The zero-order valence-electron chi connectivity index (χ0n) is 8.92. The molecule has 1 saturated heterocycles. The van der Waals surface area contributed by atoms with E-state index in [-0.39, 0.29) is 0 Å². The van der Waals surface area contributed by atoms with Crippen molar-refractivity contribution in [1.82, 2.24) is 10.2 Å². The molecule has 2 fully saturated rings. The van der Waals surface area contributed by atoms with Gasteiger partial charge in [-0.15, -0.1) is 0 Å². The lowest BCUT2D eigenvalue weighted by Crippen LogP contribution is -2.50. The van der Waals surface area contributed by atoms with Gasteiger partial charge in [-0.1, -0.05) is 6.42 Å². The molecule has 0 bridgehead atoms. The molecule has 76 valence electrons. The van der Waals surface area contributed by atoms with Crippen molar-refractivity contribution < 1.29 is 0 Å². The van der Waals surface area contributed by atoms with Crippen molar-refractivity contribution in [2.45, 2.75) is 44.2 Å². The molecule has 0 radical (unpaired) electrons. The second-order valence-electron chi connectivity index (χ2n) is 4.70. The largest absolute Gasteiger partial charge is 0.315 e. The smallest absolute Gasteiger partial charge is 0.0249 e. The van der Waals surface area contributed by atoms with Gasteiger partial charge >= 0.3 is 0 Å². The van der Waals surface area contributed by atoms with E-state index in [4.69, 9.17) is 0 Å². The van der Waals surface area contributed by atoms with E-state index in [1.54, 1.807) is 0 Å². The topological polar surface area (TPSA) is 15.3 Å². The molecule has 0 amide bonds. The van der Waals surface area contributed by atoms with E-state index in [1.807, 2.05) is 0 Å². The molecule has 2 heteroatoms. The van der Waals surface area contributed by atoms with Gasteiger partial charge < -0.3 is 10.2 Å². The highest BCUT2D eigenvalue weighted by Gasteiger charge is 2.35. The molecule has 1 N–H and O–H groups in total. The van der Waals surface area contributed by atoms with Crippen LogP contribution in [0.2, 0.25) is 0 Å². The third-order valence-corrected chi connectivity index (χ3v) is 3.98. The maximum absolute atomic E-state index is 3.53. The lowest BCUT2D eigenvalue weighted by Gasteiger charge is -2.39. The lowest BCUT2D eigenvalue weighted by atomic mass is 9.76. The van der Waals surface area contributed by atoms with E-state index in [0.29, 0.717) is 0 Å². The average molecular weight is 182 g/mol. The van der Waals surface area contributed by atoms with Crippen molar-refractivity contribution in [3.8, 4) is 0 Å². The summed E-state index contributed by atoms with van der Waals surface area (Å²) >= 11 is 0. The van der Waals surface area contributed by atoms with Crippen LogP contribution in [0.1, 0.15) is 32.1 Å². The summed E-state index contributed by atoms with van der Waals surface area (Å²) in [5.41, 5.74) is 0. The number of nitrogens with one attached hydrogen (secondary N) is 1. The molecule has 1 heterocycles. The third-order valence-electron chi connectivity index (χ3n) is 3.98. The summed E-state index contributed by atoms with van der Waals surface area (Å²) in [7, 11) is 4.41. The van der Waals surface area contributed by atoms with Gasteiger partial charge in [-0.2, -0.15) is 0 Å². The first kappa shape index (κ1) is 9.47. The highest BCUT2D eigenvalue weighted by molar-refractivity contribution is 4.93. The summed E-state index contributed by atoms with van der Waals surface area (Å²) in [5.74, 6) is 0.968. The Morgan fingerprint density at radius 3 is 2.38 bits per heavy atom. The van der Waals surface area contributed by atoms with Gasteiger partial charge in [-0.25, -0.2) is 0 Å². The van der Waals surface area contributed by atoms with E-state index < -0.39 is 0 Å². The first-order valence-electron chi connectivity index (χ1n) is 5.70. The molecule has 0 aromatic rings. The Bertz CT molecular complexity index is 165. The predicted molar refractivity (Wildman–Crippen MR) is 55.8 cm³/mol. The van der Waals surface area contributed by atoms with Gasteiger partial charge in [0.05, 0.1) is 0 Å². The van der Waals surface area contributed by atoms with Crippen LogP contribution in [0.4, 0.5) is 0 Å². The molecule has 2 unspecified atom stereocenters. The highest BCUT2D eigenvalue weighted by Crippen LogP contribution is 2.34. The molecule has 2 aliphatic rings. The summed E-state index contributed by atoms with van der Waals surface area (Å²) in [6.07, 6.45) is 7.16. The quantitative estimate of drug-likeness (QED) is 0.711. The number of likely N-dealkylation sites (N-methyl/N-ethyl adjacent to an activating group) is 2. The molecule has 2 atom stereocenters. The van der Waals surface area contributed by atoms with E-state index in [2.05, 4.69) is 24.3 Å². The van der Waals surface area contributed by atoms with Gasteiger partial charge in [0.1, 0.15) is 0 Å². The Hall–Kier alpha value is -0.0800. The number of nitrogens with zero attached hydrogens (tertiary/aromatic N) is 1. The molecule has 0 aromatic carbocycles. The van der Waals surface area contributed by atoms with E-state index in [9.17, 15) is 0 Å². The van der Waals surface area contributed by atoms with Crippen molar-refractivity contribution in [2.24, 2.45) is 5.92 Å². The normalized spacial score (nSPS) is 33.2. The fraction of sp³-hybridized carbons (Fsp3) is 1.00. The lowest BCUT2D eigenvalue weighted by molar-refractivity contribution is 0.149. The SMILES string of the molecule is CNC(C1CCC1)C1CCCN1C. The molecule has 0 aromatic heterocycles. The Balaban J connectivity index is 1.94. The van der Waals surface area contributed by atoms with Crippen LogP contribution in [0.3, 0.4) is 0 Å². The zero-order valence-corrected chi connectivity index (χ0v) is 8.92. The van der Waals surface area contributed by atoms with Crippen LogP contribution < -0.4 is 5.32 Å². The van der Waals surface area contributed by atoms with Crippen molar-refractivity contribution in [3.63, 3.8) is 0 Å². The van der Waals surface area contributed by atoms with Crippen LogP contribution in [0.25, 0.3) is 0 Å². The van der Waals surface area contributed by atoms with Gasteiger partial charge in [0.25, 0.3) is 0 Å². The minimum absolute atomic E-state index is 0.765. The van der Waals surface area contributed by atoms with Gasteiger partial charge in [0.2, 0.25) is 0 Å². The Morgan fingerprint density at radius 2 is 2.00 bits per heavy atom. The maximum Gasteiger partial charge on any atom is 0.0249 e. The fourth-order valence-electron chi connectivity index (χ4n) is 2.93. The van der Waals surface area contributed by atoms with E-state index >= 15 is 0 Å². The molecular formula is C11H22N2. The van der Waals surface area contributed by atoms with Crippen LogP contribution in [-0.4, -0.2) is 37.6 Å².